The molecule has 1 aromatic heterocycles. The molecule has 1 unspecified atom stereocenters. The van der Waals surface area contributed by atoms with Gasteiger partial charge in [0.2, 0.25) is 5.91 Å². The molecule has 1 amide bonds. The second-order valence-corrected chi connectivity index (χ2v) is 8.47. The van der Waals surface area contributed by atoms with Gasteiger partial charge in [-0.1, -0.05) is 19.3 Å². The first kappa shape index (κ1) is 17.0. The molecule has 0 aromatic carbocycles. The Morgan fingerprint density at radius 1 is 1.04 bits per heavy atom. The van der Waals surface area contributed by atoms with Crippen molar-refractivity contribution < 1.29 is 4.79 Å². The van der Waals surface area contributed by atoms with Crippen LogP contribution in [0.5, 0.6) is 0 Å². The van der Waals surface area contributed by atoms with E-state index in [9.17, 15) is 4.79 Å². The van der Waals surface area contributed by atoms with E-state index in [1.807, 2.05) is 6.33 Å². The van der Waals surface area contributed by atoms with Crippen molar-refractivity contribution in [3.63, 3.8) is 0 Å². The maximum absolute atomic E-state index is 12.8. The quantitative estimate of drug-likeness (QED) is 0.759. The Morgan fingerprint density at radius 3 is 2.68 bits per heavy atom. The number of nitrogens with zero attached hydrogens (tertiary/aromatic N) is 4. The second-order valence-electron chi connectivity index (χ2n) is 8.47. The van der Waals surface area contributed by atoms with E-state index in [-0.39, 0.29) is 0 Å². The number of rotatable bonds is 7. The maximum atomic E-state index is 12.8. The summed E-state index contributed by atoms with van der Waals surface area (Å²) >= 11 is 0. The third kappa shape index (κ3) is 4.42. The van der Waals surface area contributed by atoms with Crippen molar-refractivity contribution in [2.24, 2.45) is 11.8 Å². The van der Waals surface area contributed by atoms with Crippen molar-refractivity contribution >= 4 is 5.91 Å². The van der Waals surface area contributed by atoms with Crippen LogP contribution >= 0.6 is 0 Å². The van der Waals surface area contributed by atoms with Gasteiger partial charge in [0.25, 0.3) is 0 Å². The van der Waals surface area contributed by atoms with Gasteiger partial charge in [-0.05, 0) is 56.8 Å². The molecule has 1 saturated heterocycles. The number of amides is 1. The van der Waals surface area contributed by atoms with Crippen LogP contribution in [0.1, 0.15) is 76.5 Å². The number of carbonyl (C=O) groups excluding carboxylic acids is 1. The van der Waals surface area contributed by atoms with Gasteiger partial charge in [-0.25, -0.2) is 0 Å². The lowest BCUT2D eigenvalue weighted by Gasteiger charge is -2.28. The number of aromatic nitrogens is 3. The van der Waals surface area contributed by atoms with Crippen LogP contribution in [0.25, 0.3) is 0 Å². The highest BCUT2D eigenvalue weighted by molar-refractivity contribution is 5.77. The lowest BCUT2D eigenvalue weighted by molar-refractivity contribution is -0.133. The summed E-state index contributed by atoms with van der Waals surface area (Å²) in [5.41, 5.74) is 0. The van der Waals surface area contributed by atoms with Crippen molar-refractivity contribution in [1.29, 1.82) is 0 Å². The fraction of sp³-hybridized carbons (Fsp3) is 0.850. The van der Waals surface area contributed by atoms with E-state index in [1.54, 1.807) is 0 Å². The Morgan fingerprint density at radius 2 is 1.88 bits per heavy atom. The van der Waals surface area contributed by atoms with Gasteiger partial charge in [0.05, 0.1) is 0 Å². The molecular weight excluding hydrogens is 312 g/mol. The molecule has 2 aliphatic carbocycles. The molecule has 1 aliphatic heterocycles. The van der Waals surface area contributed by atoms with Crippen molar-refractivity contribution in [3.05, 3.63) is 12.2 Å². The highest BCUT2D eigenvalue weighted by Gasteiger charge is 2.30. The Balaban J connectivity index is 1.29. The molecule has 1 atom stereocenters. The summed E-state index contributed by atoms with van der Waals surface area (Å²) in [6, 6.07) is 0.419. The summed E-state index contributed by atoms with van der Waals surface area (Å²) < 4.78 is 2.24. The maximum Gasteiger partial charge on any atom is 0.223 e. The van der Waals surface area contributed by atoms with E-state index in [1.165, 1.54) is 44.9 Å². The molecular formula is C20H32N4O. The van der Waals surface area contributed by atoms with Crippen molar-refractivity contribution in [3.8, 4) is 0 Å². The van der Waals surface area contributed by atoms with Crippen LogP contribution in [0.4, 0.5) is 0 Å². The first-order valence-electron chi connectivity index (χ1n) is 10.5. The van der Waals surface area contributed by atoms with Crippen LogP contribution in [-0.2, 0) is 17.8 Å². The summed E-state index contributed by atoms with van der Waals surface area (Å²) in [6.07, 6.45) is 16.2. The number of carbonyl (C=O) groups is 1. The smallest absolute Gasteiger partial charge is 0.223 e. The molecule has 5 heteroatoms. The van der Waals surface area contributed by atoms with Crippen molar-refractivity contribution in [1.82, 2.24) is 19.7 Å². The van der Waals surface area contributed by atoms with Gasteiger partial charge < -0.3 is 9.47 Å². The van der Waals surface area contributed by atoms with Crippen LogP contribution in [0.2, 0.25) is 0 Å². The van der Waals surface area contributed by atoms with E-state index >= 15 is 0 Å². The molecule has 3 fully saturated rings. The largest absolute Gasteiger partial charge is 0.340 e. The topological polar surface area (TPSA) is 51.0 Å². The minimum Gasteiger partial charge on any atom is -0.340 e. The molecule has 2 saturated carbocycles. The Bertz CT molecular complexity index is 574. The minimum atomic E-state index is 0.411. The second kappa shape index (κ2) is 7.88. The molecule has 0 radical (unpaired) electrons. The highest BCUT2D eigenvalue weighted by atomic mass is 16.2. The average molecular weight is 345 g/mol. The fourth-order valence-corrected chi connectivity index (χ4v) is 4.72. The summed E-state index contributed by atoms with van der Waals surface area (Å²) in [5, 5.41) is 8.44. The zero-order valence-electron chi connectivity index (χ0n) is 15.4. The molecule has 5 nitrogen and oxygen atoms in total. The SMILES string of the molecule is O=C(CC1CCCCC1)N1CCCC1CCc1nncn1CC1CC1. The molecule has 1 aromatic rings. The van der Waals surface area contributed by atoms with Crippen LogP contribution in [0.15, 0.2) is 6.33 Å². The predicted octanol–water partition coefficient (Wildman–Crippen LogP) is 3.58. The van der Waals surface area contributed by atoms with Gasteiger partial charge in [-0.15, -0.1) is 10.2 Å². The van der Waals surface area contributed by atoms with Gasteiger partial charge in [0.1, 0.15) is 12.2 Å². The number of hydrogen-bond donors (Lipinski definition) is 0. The van der Waals surface area contributed by atoms with Gasteiger partial charge >= 0.3 is 0 Å². The summed E-state index contributed by atoms with van der Waals surface area (Å²) in [4.78, 5) is 15.0. The first-order valence-corrected chi connectivity index (χ1v) is 10.5. The van der Waals surface area contributed by atoms with Crippen LogP contribution < -0.4 is 0 Å². The number of likely N-dealkylation sites (tertiary alicyclic amines) is 1. The summed E-state index contributed by atoms with van der Waals surface area (Å²) in [7, 11) is 0. The molecule has 3 aliphatic rings. The Hall–Kier alpha value is -1.39. The third-order valence-corrected chi connectivity index (χ3v) is 6.43. The van der Waals surface area contributed by atoms with E-state index in [2.05, 4.69) is 19.7 Å². The molecule has 25 heavy (non-hydrogen) atoms. The predicted molar refractivity (Wildman–Crippen MR) is 97.0 cm³/mol. The lowest BCUT2D eigenvalue weighted by Crippen LogP contribution is -2.37. The summed E-state index contributed by atoms with van der Waals surface area (Å²) in [6.45, 7) is 2.04. The van der Waals surface area contributed by atoms with Gasteiger partial charge in [0.15, 0.2) is 0 Å². The Labute approximate surface area is 151 Å². The zero-order valence-corrected chi connectivity index (χ0v) is 15.4. The van der Waals surface area contributed by atoms with Crippen molar-refractivity contribution in [2.45, 2.75) is 89.6 Å². The van der Waals surface area contributed by atoms with Gasteiger partial charge in [0, 0.05) is 32.0 Å². The van der Waals surface area contributed by atoms with Crippen molar-refractivity contribution in [2.75, 3.05) is 6.54 Å². The minimum absolute atomic E-state index is 0.411. The third-order valence-electron chi connectivity index (χ3n) is 6.43. The normalized spacial score (nSPS) is 24.8. The van der Waals surface area contributed by atoms with E-state index in [0.717, 1.165) is 56.9 Å². The highest BCUT2D eigenvalue weighted by Crippen LogP contribution is 2.31. The monoisotopic (exact) mass is 344 g/mol. The standard InChI is InChI=1S/C20H32N4O/c25-20(13-16-5-2-1-3-6-16)24-12-4-7-18(24)10-11-19-22-21-15-23(19)14-17-8-9-17/h15-18H,1-14H2. The fourth-order valence-electron chi connectivity index (χ4n) is 4.72. The first-order chi connectivity index (χ1) is 12.3. The van der Waals surface area contributed by atoms with Gasteiger partial charge in [-0.3, -0.25) is 4.79 Å². The molecule has 0 spiro atoms. The van der Waals surface area contributed by atoms with Crippen LogP contribution in [0, 0.1) is 11.8 Å². The summed E-state index contributed by atoms with van der Waals surface area (Å²) in [5.74, 6) is 3.01. The number of aryl methyl sites for hydroxylation is 1. The molecule has 4 rings (SSSR count). The van der Waals surface area contributed by atoms with E-state index in [4.69, 9.17) is 0 Å². The van der Waals surface area contributed by atoms with Crippen LogP contribution in [0.3, 0.4) is 0 Å². The van der Waals surface area contributed by atoms with Gasteiger partial charge in [-0.2, -0.15) is 0 Å². The molecule has 0 N–H and O–H groups in total. The van der Waals surface area contributed by atoms with E-state index < -0.39 is 0 Å². The average Bonchev–Trinajstić information content (AvgIpc) is 3.13. The Kier molecular flexibility index (Phi) is 5.37. The van der Waals surface area contributed by atoms with Crippen LogP contribution in [-0.4, -0.2) is 38.2 Å². The van der Waals surface area contributed by atoms with E-state index in [0.29, 0.717) is 17.9 Å². The number of hydrogen-bond acceptors (Lipinski definition) is 3. The lowest BCUT2D eigenvalue weighted by atomic mass is 9.86. The molecule has 0 bridgehead atoms. The molecule has 138 valence electrons. The molecule has 2 heterocycles. The zero-order chi connectivity index (χ0) is 17.1.